The Morgan fingerprint density at radius 2 is 2.00 bits per heavy atom. The molecule has 0 heterocycles. The maximum absolute atomic E-state index is 12.4. The number of anilines is 2. The van der Waals surface area contributed by atoms with E-state index in [2.05, 4.69) is 0 Å². The number of nitrogens with two attached hydrogens (primary N) is 1. The van der Waals surface area contributed by atoms with Crippen LogP contribution in [0.4, 0.5) is 11.4 Å². The molecule has 0 aliphatic carbocycles. The predicted octanol–water partition coefficient (Wildman–Crippen LogP) is 3.21. The van der Waals surface area contributed by atoms with Crippen molar-refractivity contribution < 1.29 is 9.53 Å². The van der Waals surface area contributed by atoms with Gasteiger partial charge in [0.15, 0.2) is 0 Å². The topological polar surface area (TPSA) is 55.6 Å². The van der Waals surface area contributed by atoms with Crippen LogP contribution in [0.1, 0.15) is 10.4 Å². The van der Waals surface area contributed by atoms with Gasteiger partial charge in [0, 0.05) is 24.5 Å². The van der Waals surface area contributed by atoms with E-state index in [1.165, 1.54) is 4.90 Å². The number of ether oxygens (including phenoxy) is 1. The summed E-state index contributed by atoms with van der Waals surface area (Å²) in [5, 5.41) is 0.338. The normalized spacial score (nSPS) is 10.2. The number of rotatable bonds is 3. The second kappa shape index (κ2) is 5.84. The zero-order chi connectivity index (χ0) is 14.7. The Bertz CT molecular complexity index is 644. The van der Waals surface area contributed by atoms with Gasteiger partial charge in [-0.1, -0.05) is 17.7 Å². The van der Waals surface area contributed by atoms with Gasteiger partial charge in [-0.25, -0.2) is 0 Å². The quantitative estimate of drug-likeness (QED) is 0.883. The molecule has 0 bridgehead atoms. The number of carbonyl (C=O) groups excluding carboxylic acids is 1. The van der Waals surface area contributed by atoms with Gasteiger partial charge in [-0.15, -0.1) is 0 Å². The third-order valence-corrected chi connectivity index (χ3v) is 3.28. The minimum Gasteiger partial charge on any atom is -0.497 e. The van der Waals surface area contributed by atoms with Crippen LogP contribution in [0.5, 0.6) is 5.75 Å². The lowest BCUT2D eigenvalue weighted by Gasteiger charge is -2.18. The molecular weight excluding hydrogens is 276 g/mol. The van der Waals surface area contributed by atoms with E-state index in [4.69, 9.17) is 22.1 Å². The first-order valence-corrected chi connectivity index (χ1v) is 6.38. The summed E-state index contributed by atoms with van der Waals surface area (Å²) in [6.45, 7) is 0. The van der Waals surface area contributed by atoms with Gasteiger partial charge < -0.3 is 15.4 Å². The van der Waals surface area contributed by atoms with Crippen LogP contribution >= 0.6 is 11.6 Å². The molecule has 0 aliphatic heterocycles. The molecule has 0 spiro atoms. The summed E-state index contributed by atoms with van der Waals surface area (Å²) in [7, 11) is 3.27. The second-order valence-electron chi connectivity index (χ2n) is 4.30. The Balaban J connectivity index is 2.32. The van der Waals surface area contributed by atoms with Crippen molar-refractivity contribution in [3.63, 3.8) is 0 Å². The molecule has 4 nitrogen and oxygen atoms in total. The van der Waals surface area contributed by atoms with Crippen molar-refractivity contribution in [1.82, 2.24) is 0 Å². The van der Waals surface area contributed by atoms with E-state index < -0.39 is 0 Å². The number of benzene rings is 2. The molecule has 2 aromatic rings. The molecule has 0 aliphatic rings. The number of carbonyl (C=O) groups is 1. The smallest absolute Gasteiger partial charge is 0.259 e. The third-order valence-electron chi connectivity index (χ3n) is 2.97. The van der Waals surface area contributed by atoms with Crippen LogP contribution in [0.3, 0.4) is 0 Å². The van der Waals surface area contributed by atoms with Crippen molar-refractivity contribution in [2.24, 2.45) is 0 Å². The molecule has 2 aromatic carbocycles. The van der Waals surface area contributed by atoms with Gasteiger partial charge in [0.1, 0.15) is 5.75 Å². The summed E-state index contributed by atoms with van der Waals surface area (Å²) in [6.07, 6.45) is 0. The summed E-state index contributed by atoms with van der Waals surface area (Å²) in [6, 6.07) is 12.1. The van der Waals surface area contributed by atoms with Gasteiger partial charge in [0.05, 0.1) is 17.7 Å². The highest BCUT2D eigenvalue weighted by Crippen LogP contribution is 2.25. The molecular formula is C15H15ClN2O2. The van der Waals surface area contributed by atoms with Crippen molar-refractivity contribution in [3.05, 3.63) is 53.1 Å². The van der Waals surface area contributed by atoms with Crippen LogP contribution in [-0.2, 0) is 0 Å². The maximum atomic E-state index is 12.4. The minimum absolute atomic E-state index is 0.205. The average molecular weight is 291 g/mol. The van der Waals surface area contributed by atoms with E-state index in [9.17, 15) is 4.79 Å². The Labute approximate surface area is 122 Å². The monoisotopic (exact) mass is 290 g/mol. The number of nitrogens with zero attached hydrogens (tertiary/aromatic N) is 1. The van der Waals surface area contributed by atoms with E-state index in [1.54, 1.807) is 38.4 Å². The second-order valence-corrected chi connectivity index (χ2v) is 4.71. The van der Waals surface area contributed by atoms with Gasteiger partial charge in [-0.05, 0) is 30.3 Å². The van der Waals surface area contributed by atoms with Crippen LogP contribution < -0.4 is 15.4 Å². The molecule has 0 atom stereocenters. The highest BCUT2D eigenvalue weighted by Gasteiger charge is 2.17. The summed E-state index contributed by atoms with van der Waals surface area (Å²) in [5.41, 5.74) is 7.28. The van der Waals surface area contributed by atoms with Gasteiger partial charge in [-0.3, -0.25) is 4.79 Å². The van der Waals surface area contributed by atoms with Crippen LogP contribution in [0.15, 0.2) is 42.5 Å². The number of methoxy groups -OCH3 is 1. The predicted molar refractivity (Wildman–Crippen MR) is 81.6 cm³/mol. The Morgan fingerprint density at radius 3 is 2.65 bits per heavy atom. The van der Waals surface area contributed by atoms with E-state index in [1.807, 2.05) is 18.2 Å². The molecule has 0 aromatic heterocycles. The molecule has 1 amide bonds. The Kier molecular flexibility index (Phi) is 4.15. The average Bonchev–Trinajstić information content (AvgIpc) is 2.46. The zero-order valence-corrected chi connectivity index (χ0v) is 12.0. The minimum atomic E-state index is -0.205. The maximum Gasteiger partial charge on any atom is 0.259 e. The van der Waals surface area contributed by atoms with Crippen molar-refractivity contribution in [1.29, 1.82) is 0 Å². The number of halogens is 1. The first kappa shape index (κ1) is 14.2. The fourth-order valence-corrected chi connectivity index (χ4v) is 2.09. The van der Waals surface area contributed by atoms with Crippen molar-refractivity contribution in [2.75, 3.05) is 24.8 Å². The summed E-state index contributed by atoms with van der Waals surface area (Å²) in [4.78, 5) is 14.0. The van der Waals surface area contributed by atoms with Crippen molar-refractivity contribution in [2.45, 2.75) is 0 Å². The molecule has 0 fully saturated rings. The number of nitrogen functional groups attached to an aromatic ring is 1. The Hall–Kier alpha value is -2.20. The highest BCUT2D eigenvalue weighted by molar-refractivity contribution is 6.34. The van der Waals surface area contributed by atoms with Crippen molar-refractivity contribution in [3.8, 4) is 5.75 Å². The van der Waals surface area contributed by atoms with E-state index in [0.29, 0.717) is 22.0 Å². The zero-order valence-electron chi connectivity index (χ0n) is 11.3. The fourth-order valence-electron chi connectivity index (χ4n) is 1.82. The Morgan fingerprint density at radius 1 is 1.25 bits per heavy atom. The van der Waals surface area contributed by atoms with E-state index in [-0.39, 0.29) is 5.91 Å². The summed E-state index contributed by atoms with van der Waals surface area (Å²) in [5.74, 6) is 0.480. The van der Waals surface area contributed by atoms with Gasteiger partial charge in [-0.2, -0.15) is 0 Å². The molecule has 2 rings (SSSR count). The fraction of sp³-hybridized carbons (Fsp3) is 0.133. The first-order valence-electron chi connectivity index (χ1n) is 6.00. The lowest BCUT2D eigenvalue weighted by atomic mass is 10.1. The van der Waals surface area contributed by atoms with E-state index in [0.717, 1.165) is 5.69 Å². The molecule has 104 valence electrons. The van der Waals surface area contributed by atoms with Gasteiger partial charge in [0.2, 0.25) is 0 Å². The molecule has 5 heteroatoms. The largest absolute Gasteiger partial charge is 0.497 e. The SMILES string of the molecule is COc1cccc(N(C)C(=O)c2ccc(N)cc2Cl)c1. The van der Waals surface area contributed by atoms with E-state index >= 15 is 0 Å². The summed E-state index contributed by atoms with van der Waals surface area (Å²) >= 11 is 6.06. The third kappa shape index (κ3) is 2.86. The standard InChI is InChI=1S/C15H15ClN2O2/c1-18(11-4-3-5-12(9-11)20-2)15(19)13-7-6-10(17)8-14(13)16/h3-9H,17H2,1-2H3. The van der Waals surface area contributed by atoms with Crippen LogP contribution in [0, 0.1) is 0 Å². The number of hydrogen-bond donors (Lipinski definition) is 1. The van der Waals surface area contributed by atoms with Gasteiger partial charge >= 0.3 is 0 Å². The molecule has 20 heavy (non-hydrogen) atoms. The lowest BCUT2D eigenvalue weighted by molar-refractivity contribution is 0.0993. The van der Waals surface area contributed by atoms with Crippen LogP contribution in [-0.4, -0.2) is 20.1 Å². The molecule has 0 unspecified atom stereocenters. The van der Waals surface area contributed by atoms with Crippen LogP contribution in [0.2, 0.25) is 5.02 Å². The highest BCUT2D eigenvalue weighted by atomic mass is 35.5. The molecule has 0 saturated heterocycles. The molecule has 2 N–H and O–H groups in total. The molecule has 0 radical (unpaired) electrons. The lowest BCUT2D eigenvalue weighted by Crippen LogP contribution is -2.26. The molecule has 0 saturated carbocycles. The van der Waals surface area contributed by atoms with Gasteiger partial charge in [0.25, 0.3) is 5.91 Å². The number of amides is 1. The first-order chi connectivity index (χ1) is 9.52. The summed E-state index contributed by atoms with van der Waals surface area (Å²) < 4.78 is 5.15. The number of hydrogen-bond acceptors (Lipinski definition) is 3. The van der Waals surface area contributed by atoms with Crippen LogP contribution in [0.25, 0.3) is 0 Å². The van der Waals surface area contributed by atoms with Crippen molar-refractivity contribution >= 4 is 28.9 Å².